The Kier molecular flexibility index (Phi) is 3.33. The van der Waals surface area contributed by atoms with Crippen molar-refractivity contribution in [1.82, 2.24) is 9.78 Å². The second-order valence-electron chi connectivity index (χ2n) is 3.60. The zero-order valence-corrected chi connectivity index (χ0v) is 11.0. The van der Waals surface area contributed by atoms with Crippen LogP contribution in [0.25, 0.3) is 5.69 Å². The molecule has 1 aromatic heterocycles. The Morgan fingerprint density at radius 3 is 2.75 bits per heavy atom. The van der Waals surface area contributed by atoms with Gasteiger partial charge in [-0.25, -0.2) is 4.68 Å². The number of benzene rings is 1. The molecule has 0 saturated carbocycles. The molecule has 0 spiro atoms. The molecular formula is C11H11BrClN3. The van der Waals surface area contributed by atoms with Crippen molar-refractivity contribution in [2.24, 2.45) is 5.73 Å². The number of aromatic nitrogens is 2. The second kappa shape index (κ2) is 4.57. The van der Waals surface area contributed by atoms with Crippen LogP contribution in [0.5, 0.6) is 0 Å². The Morgan fingerprint density at radius 1 is 1.50 bits per heavy atom. The highest BCUT2D eigenvalue weighted by molar-refractivity contribution is 9.10. The van der Waals surface area contributed by atoms with E-state index in [4.69, 9.17) is 17.3 Å². The van der Waals surface area contributed by atoms with Gasteiger partial charge in [-0.1, -0.05) is 17.7 Å². The highest BCUT2D eigenvalue weighted by atomic mass is 79.9. The van der Waals surface area contributed by atoms with Gasteiger partial charge in [-0.15, -0.1) is 0 Å². The number of hydrogen-bond acceptors (Lipinski definition) is 2. The van der Waals surface area contributed by atoms with E-state index in [0.717, 1.165) is 15.7 Å². The van der Waals surface area contributed by atoms with Crippen LogP contribution in [0.1, 0.15) is 18.5 Å². The van der Waals surface area contributed by atoms with Crippen LogP contribution in [0.2, 0.25) is 5.02 Å². The normalized spacial score (nSPS) is 12.8. The van der Waals surface area contributed by atoms with Crippen molar-refractivity contribution in [2.75, 3.05) is 0 Å². The quantitative estimate of drug-likeness (QED) is 0.924. The molecule has 0 aliphatic rings. The van der Waals surface area contributed by atoms with Crippen molar-refractivity contribution in [3.63, 3.8) is 0 Å². The lowest BCUT2D eigenvalue weighted by atomic mass is 10.1. The van der Waals surface area contributed by atoms with E-state index in [9.17, 15) is 0 Å². The van der Waals surface area contributed by atoms with Crippen LogP contribution in [-0.4, -0.2) is 9.78 Å². The van der Waals surface area contributed by atoms with Crippen molar-refractivity contribution in [2.45, 2.75) is 13.0 Å². The summed E-state index contributed by atoms with van der Waals surface area (Å²) in [5, 5.41) is 4.76. The summed E-state index contributed by atoms with van der Waals surface area (Å²) in [6, 6.07) is 5.97. The molecule has 1 heterocycles. The molecule has 16 heavy (non-hydrogen) atoms. The van der Waals surface area contributed by atoms with Gasteiger partial charge in [-0.05, 0) is 40.5 Å². The Labute approximate surface area is 107 Å². The van der Waals surface area contributed by atoms with Gasteiger partial charge in [0.2, 0.25) is 0 Å². The van der Waals surface area contributed by atoms with E-state index < -0.39 is 0 Å². The SMILES string of the molecule is CC(N)c1ccc(-n2cc(Cl)cn2)c(Br)c1. The van der Waals surface area contributed by atoms with Crippen LogP contribution < -0.4 is 5.73 Å². The summed E-state index contributed by atoms with van der Waals surface area (Å²) in [6.45, 7) is 1.95. The Hall–Kier alpha value is -0.840. The largest absolute Gasteiger partial charge is 0.324 e. The lowest BCUT2D eigenvalue weighted by Crippen LogP contribution is -2.05. The van der Waals surface area contributed by atoms with E-state index in [2.05, 4.69) is 21.0 Å². The summed E-state index contributed by atoms with van der Waals surface area (Å²) in [7, 11) is 0. The minimum atomic E-state index is 0.0200. The smallest absolute Gasteiger partial charge is 0.0790 e. The summed E-state index contributed by atoms with van der Waals surface area (Å²) in [6.07, 6.45) is 3.36. The number of nitrogens with two attached hydrogens (primary N) is 1. The van der Waals surface area contributed by atoms with Crippen molar-refractivity contribution < 1.29 is 0 Å². The maximum Gasteiger partial charge on any atom is 0.0790 e. The summed E-state index contributed by atoms with van der Waals surface area (Å²) in [4.78, 5) is 0. The average molecular weight is 301 g/mol. The molecule has 0 saturated heterocycles. The van der Waals surface area contributed by atoms with E-state index in [1.807, 2.05) is 25.1 Å². The molecule has 0 radical (unpaired) electrons. The molecule has 84 valence electrons. The molecule has 0 bridgehead atoms. The molecule has 3 nitrogen and oxygen atoms in total. The van der Waals surface area contributed by atoms with Gasteiger partial charge >= 0.3 is 0 Å². The molecule has 5 heteroatoms. The van der Waals surface area contributed by atoms with Crippen LogP contribution >= 0.6 is 27.5 Å². The van der Waals surface area contributed by atoms with Gasteiger partial charge in [0.1, 0.15) is 0 Å². The molecule has 1 atom stereocenters. The molecule has 0 aliphatic heterocycles. The fraction of sp³-hybridized carbons (Fsp3) is 0.182. The molecular weight excluding hydrogens is 289 g/mol. The van der Waals surface area contributed by atoms with Crippen LogP contribution in [0, 0.1) is 0 Å². The van der Waals surface area contributed by atoms with Gasteiger partial charge in [-0.3, -0.25) is 0 Å². The average Bonchev–Trinajstić information content (AvgIpc) is 2.64. The van der Waals surface area contributed by atoms with Gasteiger partial charge in [-0.2, -0.15) is 5.10 Å². The first kappa shape index (κ1) is 11.6. The number of nitrogens with zero attached hydrogens (tertiary/aromatic N) is 2. The third-order valence-electron chi connectivity index (χ3n) is 2.30. The van der Waals surface area contributed by atoms with Crippen LogP contribution in [-0.2, 0) is 0 Å². The molecule has 0 aliphatic carbocycles. The van der Waals surface area contributed by atoms with Gasteiger partial charge in [0.15, 0.2) is 0 Å². The molecule has 2 aromatic rings. The van der Waals surface area contributed by atoms with E-state index in [0.29, 0.717) is 5.02 Å². The third kappa shape index (κ3) is 2.29. The van der Waals surface area contributed by atoms with E-state index >= 15 is 0 Å². The van der Waals surface area contributed by atoms with E-state index in [1.54, 1.807) is 17.1 Å². The zero-order chi connectivity index (χ0) is 11.7. The highest BCUT2D eigenvalue weighted by Crippen LogP contribution is 2.25. The van der Waals surface area contributed by atoms with E-state index in [-0.39, 0.29) is 6.04 Å². The number of halogens is 2. The molecule has 0 amide bonds. The van der Waals surface area contributed by atoms with E-state index in [1.165, 1.54) is 0 Å². The molecule has 2 rings (SSSR count). The first-order valence-electron chi connectivity index (χ1n) is 4.83. The fourth-order valence-corrected chi connectivity index (χ4v) is 2.14. The predicted molar refractivity (Wildman–Crippen MR) is 68.9 cm³/mol. The van der Waals surface area contributed by atoms with Crippen LogP contribution in [0.15, 0.2) is 35.1 Å². The van der Waals surface area contributed by atoms with Crippen LogP contribution in [0.4, 0.5) is 0 Å². The molecule has 0 fully saturated rings. The zero-order valence-electron chi connectivity index (χ0n) is 8.69. The third-order valence-corrected chi connectivity index (χ3v) is 3.13. The van der Waals surface area contributed by atoms with Gasteiger partial charge in [0.05, 0.1) is 16.9 Å². The Balaban J connectivity index is 2.44. The van der Waals surface area contributed by atoms with Crippen molar-refractivity contribution in [3.05, 3.63) is 45.7 Å². The lowest BCUT2D eigenvalue weighted by Gasteiger charge is -2.09. The molecule has 2 N–H and O–H groups in total. The Bertz CT molecular complexity index is 508. The summed E-state index contributed by atoms with van der Waals surface area (Å²) < 4.78 is 2.67. The molecule has 1 unspecified atom stereocenters. The van der Waals surface area contributed by atoms with Gasteiger partial charge < -0.3 is 5.73 Å². The summed E-state index contributed by atoms with van der Waals surface area (Å²) in [5.74, 6) is 0. The molecule has 1 aromatic carbocycles. The summed E-state index contributed by atoms with van der Waals surface area (Å²) in [5.41, 5.74) is 7.83. The van der Waals surface area contributed by atoms with Crippen molar-refractivity contribution >= 4 is 27.5 Å². The maximum atomic E-state index is 5.83. The highest BCUT2D eigenvalue weighted by Gasteiger charge is 2.07. The minimum absolute atomic E-state index is 0.0200. The fourth-order valence-electron chi connectivity index (χ4n) is 1.42. The first-order chi connectivity index (χ1) is 7.58. The van der Waals surface area contributed by atoms with Crippen molar-refractivity contribution in [1.29, 1.82) is 0 Å². The van der Waals surface area contributed by atoms with Gasteiger partial charge in [0.25, 0.3) is 0 Å². The summed E-state index contributed by atoms with van der Waals surface area (Å²) >= 11 is 9.33. The maximum absolute atomic E-state index is 5.83. The van der Waals surface area contributed by atoms with Crippen LogP contribution in [0.3, 0.4) is 0 Å². The monoisotopic (exact) mass is 299 g/mol. The van der Waals surface area contributed by atoms with Gasteiger partial charge in [0, 0.05) is 16.7 Å². The second-order valence-corrected chi connectivity index (χ2v) is 4.89. The first-order valence-corrected chi connectivity index (χ1v) is 6.00. The van der Waals surface area contributed by atoms with Crippen molar-refractivity contribution in [3.8, 4) is 5.69 Å². The topological polar surface area (TPSA) is 43.8 Å². The Morgan fingerprint density at radius 2 is 2.25 bits per heavy atom. The number of hydrogen-bond donors (Lipinski definition) is 1. The predicted octanol–water partition coefficient (Wildman–Crippen LogP) is 3.31. The standard InChI is InChI=1S/C11H11BrClN3/c1-7(14)8-2-3-11(10(12)4-8)16-6-9(13)5-15-16/h2-7H,14H2,1H3. The number of rotatable bonds is 2. The lowest BCUT2D eigenvalue weighted by molar-refractivity contribution is 0.812. The minimum Gasteiger partial charge on any atom is -0.324 e.